The topological polar surface area (TPSA) is 180 Å². The highest BCUT2D eigenvalue weighted by atomic mass is 16.7. The lowest BCUT2D eigenvalue weighted by Crippen LogP contribution is -2.68. The molecule has 0 bridgehead atoms. The molecule has 4 aliphatic carbocycles. The average molecular weight is 601 g/mol. The van der Waals surface area contributed by atoms with Gasteiger partial charge in [0.2, 0.25) is 0 Å². The SMILES string of the molecule is CC(C)[C@H](CC[C@@H](C)[C@H]1[C@@H](O)[C@@H](O)[C@@H]2[C@]1(C)CC[C@@H]1[C@@]3(C)CC[C@H](O)C[C@@H]3[C@@H](O)C[C@]12O)O[C@@H]1OC[C@H](O)[C@H](O)[C@@H]1O. The third kappa shape index (κ3) is 5.19. The van der Waals surface area contributed by atoms with Gasteiger partial charge in [0.1, 0.15) is 18.3 Å². The standard InChI is InChI=1S/C32H56O10/c1-15(2)21(42-29-27(39)24(36)20(35)14-41-29)7-6-16(3)23-25(37)26(38)28-31(23,5)11-9-22-30(4)10-8-17(33)12-18(30)19(34)13-32(22,28)40/h15-29,33-40H,6-14H2,1-5H3/t16-,17+,18-,19+,20+,21+,22-,23+,24+,25-,26-,27+,28-,29+,30+,31-,32+/m1/s1. The minimum Gasteiger partial charge on any atom is -0.393 e. The Balaban J connectivity index is 1.32. The van der Waals surface area contributed by atoms with E-state index in [0.29, 0.717) is 25.7 Å². The summed E-state index contributed by atoms with van der Waals surface area (Å²) in [5, 5.41) is 87.6. The van der Waals surface area contributed by atoms with E-state index in [1.54, 1.807) is 0 Å². The molecular formula is C32H56O10. The van der Waals surface area contributed by atoms with E-state index in [9.17, 15) is 40.9 Å². The van der Waals surface area contributed by atoms with Crippen molar-refractivity contribution in [3.63, 3.8) is 0 Å². The average Bonchev–Trinajstić information content (AvgIpc) is 3.12. The number of fused-ring (bicyclic) bond motifs is 5. The van der Waals surface area contributed by atoms with Gasteiger partial charge < -0.3 is 50.3 Å². The summed E-state index contributed by atoms with van der Waals surface area (Å²) in [5.74, 6) is -1.05. The molecule has 1 heterocycles. The zero-order valence-electron chi connectivity index (χ0n) is 25.9. The number of aliphatic hydroxyl groups excluding tert-OH is 7. The van der Waals surface area contributed by atoms with Crippen LogP contribution in [-0.2, 0) is 9.47 Å². The van der Waals surface area contributed by atoms with E-state index < -0.39 is 66.0 Å². The largest absolute Gasteiger partial charge is 0.393 e. The predicted molar refractivity (Wildman–Crippen MR) is 153 cm³/mol. The molecule has 17 atom stereocenters. The highest BCUT2D eigenvalue weighted by Crippen LogP contribution is 2.69. The number of hydrogen-bond donors (Lipinski definition) is 8. The zero-order valence-corrected chi connectivity index (χ0v) is 25.9. The van der Waals surface area contributed by atoms with E-state index in [2.05, 4.69) is 20.8 Å². The lowest BCUT2D eigenvalue weighted by Gasteiger charge is -2.65. The summed E-state index contributed by atoms with van der Waals surface area (Å²) in [7, 11) is 0. The van der Waals surface area contributed by atoms with Gasteiger partial charge in [-0.2, -0.15) is 0 Å². The molecule has 0 aromatic heterocycles. The Morgan fingerprint density at radius 2 is 1.48 bits per heavy atom. The second kappa shape index (κ2) is 11.8. The van der Waals surface area contributed by atoms with Gasteiger partial charge in [-0.05, 0) is 85.4 Å². The van der Waals surface area contributed by atoms with Gasteiger partial charge in [0.25, 0.3) is 0 Å². The molecule has 1 aliphatic heterocycles. The first kappa shape index (κ1) is 33.0. The maximum atomic E-state index is 12.5. The summed E-state index contributed by atoms with van der Waals surface area (Å²) in [5.41, 5.74) is -2.21. The first-order valence-corrected chi connectivity index (χ1v) is 16.3. The van der Waals surface area contributed by atoms with Gasteiger partial charge in [-0.15, -0.1) is 0 Å². The number of hydrogen-bond acceptors (Lipinski definition) is 10. The Kier molecular flexibility index (Phi) is 9.23. The van der Waals surface area contributed by atoms with Crippen LogP contribution in [0.2, 0.25) is 0 Å². The predicted octanol–water partition coefficient (Wildman–Crippen LogP) is 0.930. The monoisotopic (exact) mass is 600 g/mol. The molecule has 0 spiro atoms. The summed E-state index contributed by atoms with van der Waals surface area (Å²) >= 11 is 0. The summed E-state index contributed by atoms with van der Waals surface area (Å²) in [4.78, 5) is 0. The van der Waals surface area contributed by atoms with E-state index in [1.165, 1.54) is 0 Å². The molecule has 42 heavy (non-hydrogen) atoms. The van der Waals surface area contributed by atoms with E-state index in [0.717, 1.165) is 19.3 Å². The second-order valence-electron chi connectivity index (χ2n) is 15.6. The highest BCUT2D eigenvalue weighted by Gasteiger charge is 2.72. The van der Waals surface area contributed by atoms with Crippen molar-refractivity contribution >= 4 is 0 Å². The third-order valence-electron chi connectivity index (χ3n) is 12.9. The van der Waals surface area contributed by atoms with Crippen LogP contribution in [-0.4, -0.2) is 108 Å². The highest BCUT2D eigenvalue weighted by molar-refractivity contribution is 5.21. The smallest absolute Gasteiger partial charge is 0.186 e. The molecule has 10 heteroatoms. The van der Waals surface area contributed by atoms with Crippen LogP contribution < -0.4 is 0 Å². The van der Waals surface area contributed by atoms with E-state index in [4.69, 9.17) is 9.47 Å². The molecule has 1 saturated heterocycles. The molecule has 0 aromatic carbocycles. The number of ether oxygens (including phenoxy) is 2. The molecule has 5 aliphatic rings. The Bertz CT molecular complexity index is 950. The fraction of sp³-hybridized carbons (Fsp3) is 1.00. The van der Waals surface area contributed by atoms with Crippen LogP contribution in [0.4, 0.5) is 0 Å². The van der Waals surface area contributed by atoms with Gasteiger partial charge in [-0.1, -0.05) is 34.6 Å². The number of aliphatic hydroxyl groups is 8. The van der Waals surface area contributed by atoms with Gasteiger partial charge in [-0.25, -0.2) is 0 Å². The van der Waals surface area contributed by atoms with Crippen LogP contribution >= 0.6 is 0 Å². The van der Waals surface area contributed by atoms with Crippen molar-refractivity contribution in [1.29, 1.82) is 0 Å². The van der Waals surface area contributed by atoms with Crippen molar-refractivity contribution in [3.05, 3.63) is 0 Å². The quantitative estimate of drug-likeness (QED) is 0.209. The third-order valence-corrected chi connectivity index (χ3v) is 12.9. The Morgan fingerprint density at radius 1 is 0.810 bits per heavy atom. The van der Waals surface area contributed by atoms with Crippen molar-refractivity contribution in [2.45, 2.75) is 147 Å². The van der Waals surface area contributed by atoms with Gasteiger partial charge >= 0.3 is 0 Å². The van der Waals surface area contributed by atoms with Crippen LogP contribution in [0.25, 0.3) is 0 Å². The summed E-state index contributed by atoms with van der Waals surface area (Å²) in [6.45, 7) is 10.2. The molecule has 5 rings (SSSR count). The van der Waals surface area contributed by atoms with Crippen LogP contribution in [0.15, 0.2) is 0 Å². The molecule has 0 unspecified atom stereocenters. The number of rotatable bonds is 7. The van der Waals surface area contributed by atoms with Gasteiger partial charge in [-0.3, -0.25) is 0 Å². The van der Waals surface area contributed by atoms with Crippen LogP contribution in [0.1, 0.15) is 86.0 Å². The second-order valence-corrected chi connectivity index (χ2v) is 15.6. The normalized spacial score (nSPS) is 54.1. The molecule has 0 radical (unpaired) electrons. The van der Waals surface area contributed by atoms with Gasteiger partial charge in [0.05, 0.1) is 42.7 Å². The maximum absolute atomic E-state index is 12.5. The first-order chi connectivity index (χ1) is 19.6. The molecule has 4 saturated carbocycles. The van der Waals surface area contributed by atoms with Crippen LogP contribution in [0, 0.1) is 46.3 Å². The van der Waals surface area contributed by atoms with E-state index in [-0.39, 0.29) is 54.1 Å². The fourth-order valence-electron chi connectivity index (χ4n) is 10.8. The molecule has 8 N–H and O–H groups in total. The van der Waals surface area contributed by atoms with Gasteiger partial charge in [0.15, 0.2) is 6.29 Å². The summed E-state index contributed by atoms with van der Waals surface area (Å²) in [6, 6.07) is 0. The zero-order chi connectivity index (χ0) is 30.9. The lowest BCUT2D eigenvalue weighted by molar-refractivity contribution is -0.287. The Labute approximate surface area is 250 Å². The van der Waals surface area contributed by atoms with Crippen molar-refractivity contribution in [2.24, 2.45) is 46.3 Å². The summed E-state index contributed by atoms with van der Waals surface area (Å²) < 4.78 is 11.6. The van der Waals surface area contributed by atoms with Crippen LogP contribution in [0.3, 0.4) is 0 Å². The maximum Gasteiger partial charge on any atom is 0.186 e. The molecule has 10 nitrogen and oxygen atoms in total. The molecule has 0 amide bonds. The molecule has 5 fully saturated rings. The molecule has 244 valence electrons. The van der Waals surface area contributed by atoms with Crippen molar-refractivity contribution in [1.82, 2.24) is 0 Å². The molecular weight excluding hydrogens is 544 g/mol. The minimum absolute atomic E-state index is 0.0269. The Morgan fingerprint density at radius 3 is 2.14 bits per heavy atom. The van der Waals surface area contributed by atoms with E-state index >= 15 is 0 Å². The fourth-order valence-corrected chi connectivity index (χ4v) is 10.8. The van der Waals surface area contributed by atoms with Crippen molar-refractivity contribution in [3.8, 4) is 0 Å². The first-order valence-electron chi connectivity index (χ1n) is 16.3. The van der Waals surface area contributed by atoms with Crippen molar-refractivity contribution in [2.75, 3.05) is 6.61 Å². The van der Waals surface area contributed by atoms with Gasteiger partial charge in [0, 0.05) is 12.3 Å². The van der Waals surface area contributed by atoms with Crippen LogP contribution in [0.5, 0.6) is 0 Å². The minimum atomic E-state index is -1.37. The molecule has 0 aromatic rings. The Hall–Kier alpha value is -0.400. The van der Waals surface area contributed by atoms with E-state index in [1.807, 2.05) is 13.8 Å². The lowest BCUT2D eigenvalue weighted by atomic mass is 9.42. The summed E-state index contributed by atoms with van der Waals surface area (Å²) in [6.07, 6.45) is -3.84. The van der Waals surface area contributed by atoms with Crippen molar-refractivity contribution < 1.29 is 50.3 Å².